The summed E-state index contributed by atoms with van der Waals surface area (Å²) < 4.78 is 26.6. The van der Waals surface area contributed by atoms with Gasteiger partial charge in [0.05, 0.1) is 11.6 Å². The van der Waals surface area contributed by atoms with Gasteiger partial charge in [-0.3, -0.25) is 5.10 Å². The average Bonchev–Trinajstić information content (AvgIpc) is 2.97. The van der Waals surface area contributed by atoms with E-state index in [-0.39, 0.29) is 11.6 Å². The largest absolute Gasteiger partial charge is 0.318 e. The van der Waals surface area contributed by atoms with Crippen LogP contribution in [0.1, 0.15) is 17.4 Å². The predicted octanol–water partition coefficient (Wildman–Crippen LogP) is 2.80. The number of nitrogens with one attached hydrogen (secondary N) is 1. The first-order valence-corrected chi connectivity index (χ1v) is 6.33. The van der Waals surface area contributed by atoms with Gasteiger partial charge in [0, 0.05) is 0 Å². The van der Waals surface area contributed by atoms with Gasteiger partial charge >= 0.3 is 0 Å². The van der Waals surface area contributed by atoms with E-state index in [2.05, 4.69) is 15.2 Å². The molecule has 4 nitrogen and oxygen atoms in total. The molecule has 0 aliphatic rings. The van der Waals surface area contributed by atoms with E-state index < -0.39 is 11.9 Å². The van der Waals surface area contributed by atoms with Gasteiger partial charge in [0.25, 0.3) is 0 Å². The molecule has 0 saturated carbocycles. The van der Waals surface area contributed by atoms with Crippen LogP contribution < -0.4 is 5.73 Å². The molecule has 0 radical (unpaired) electrons. The van der Waals surface area contributed by atoms with E-state index in [0.29, 0.717) is 17.0 Å². The zero-order valence-electron chi connectivity index (χ0n) is 10.9. The van der Waals surface area contributed by atoms with Crippen LogP contribution in [-0.2, 0) is 0 Å². The molecule has 0 unspecified atom stereocenters. The lowest BCUT2D eigenvalue weighted by Gasteiger charge is -2.07. The number of hydrogen-bond donors (Lipinski definition) is 2. The van der Waals surface area contributed by atoms with Crippen molar-refractivity contribution in [2.75, 3.05) is 0 Å². The third-order valence-electron chi connectivity index (χ3n) is 3.14. The van der Waals surface area contributed by atoms with Crippen molar-refractivity contribution in [3.8, 4) is 11.4 Å². The van der Waals surface area contributed by atoms with Crippen LogP contribution in [0.2, 0.25) is 0 Å². The lowest BCUT2D eigenvalue weighted by atomic mass is 10.1. The number of H-pyrrole nitrogens is 1. The van der Waals surface area contributed by atoms with Crippen molar-refractivity contribution in [1.29, 1.82) is 0 Å². The van der Waals surface area contributed by atoms with E-state index in [1.165, 1.54) is 18.2 Å². The Bertz CT molecular complexity index is 752. The maximum Gasteiger partial charge on any atom is 0.184 e. The Labute approximate surface area is 119 Å². The molecule has 1 atom stereocenters. The van der Waals surface area contributed by atoms with E-state index >= 15 is 0 Å². The van der Waals surface area contributed by atoms with E-state index in [4.69, 9.17) is 5.73 Å². The van der Waals surface area contributed by atoms with Crippen LogP contribution in [0.15, 0.2) is 48.5 Å². The minimum Gasteiger partial charge on any atom is -0.318 e. The van der Waals surface area contributed by atoms with Gasteiger partial charge in [0.15, 0.2) is 5.82 Å². The first-order valence-electron chi connectivity index (χ1n) is 6.33. The Morgan fingerprint density at radius 3 is 2.43 bits per heavy atom. The second kappa shape index (κ2) is 5.41. The van der Waals surface area contributed by atoms with Crippen molar-refractivity contribution in [1.82, 2.24) is 15.2 Å². The first-order chi connectivity index (χ1) is 10.1. The van der Waals surface area contributed by atoms with Crippen LogP contribution in [-0.4, -0.2) is 15.2 Å². The van der Waals surface area contributed by atoms with Crippen molar-refractivity contribution in [2.45, 2.75) is 6.04 Å². The van der Waals surface area contributed by atoms with Crippen molar-refractivity contribution in [3.05, 3.63) is 71.6 Å². The highest BCUT2D eigenvalue weighted by Gasteiger charge is 2.16. The number of aromatic nitrogens is 3. The maximum atomic E-state index is 13.7. The van der Waals surface area contributed by atoms with Gasteiger partial charge in [-0.1, -0.05) is 24.3 Å². The van der Waals surface area contributed by atoms with Crippen LogP contribution >= 0.6 is 0 Å². The molecule has 1 aromatic heterocycles. The average molecular weight is 286 g/mol. The number of halogens is 2. The highest BCUT2D eigenvalue weighted by Crippen LogP contribution is 2.22. The van der Waals surface area contributed by atoms with Gasteiger partial charge < -0.3 is 5.73 Å². The Morgan fingerprint density at radius 2 is 1.71 bits per heavy atom. The lowest BCUT2D eigenvalue weighted by Crippen LogP contribution is -2.13. The molecule has 0 aliphatic carbocycles. The normalized spacial score (nSPS) is 12.3. The highest BCUT2D eigenvalue weighted by atomic mass is 19.1. The van der Waals surface area contributed by atoms with E-state index in [1.54, 1.807) is 30.3 Å². The summed E-state index contributed by atoms with van der Waals surface area (Å²) in [5.41, 5.74) is 7.03. The molecule has 106 valence electrons. The van der Waals surface area contributed by atoms with Gasteiger partial charge in [0.2, 0.25) is 0 Å². The van der Waals surface area contributed by atoms with Crippen molar-refractivity contribution >= 4 is 0 Å². The van der Waals surface area contributed by atoms with Crippen LogP contribution in [0.3, 0.4) is 0 Å². The van der Waals surface area contributed by atoms with Gasteiger partial charge in [-0.25, -0.2) is 13.8 Å². The Morgan fingerprint density at radius 1 is 1.00 bits per heavy atom. The fourth-order valence-electron chi connectivity index (χ4n) is 2.00. The summed E-state index contributed by atoms with van der Waals surface area (Å²) in [5, 5.41) is 6.68. The molecular formula is C15H12F2N4. The third-order valence-corrected chi connectivity index (χ3v) is 3.14. The molecule has 3 rings (SSSR count). The second-order valence-electron chi connectivity index (χ2n) is 4.55. The Hall–Kier alpha value is -2.60. The Balaban J connectivity index is 1.91. The number of nitrogens with zero attached hydrogens (tertiary/aromatic N) is 2. The smallest absolute Gasteiger partial charge is 0.184 e. The van der Waals surface area contributed by atoms with Crippen LogP contribution in [0, 0.1) is 11.6 Å². The number of hydrogen-bond acceptors (Lipinski definition) is 3. The molecule has 3 N–H and O–H groups in total. The topological polar surface area (TPSA) is 67.6 Å². The fourth-order valence-corrected chi connectivity index (χ4v) is 2.00. The first kappa shape index (κ1) is 13.4. The molecule has 0 amide bonds. The van der Waals surface area contributed by atoms with E-state index in [0.717, 1.165) is 0 Å². The van der Waals surface area contributed by atoms with Gasteiger partial charge in [0.1, 0.15) is 17.5 Å². The molecule has 0 aliphatic heterocycles. The zero-order chi connectivity index (χ0) is 14.8. The monoisotopic (exact) mass is 286 g/mol. The quantitative estimate of drug-likeness (QED) is 0.778. The van der Waals surface area contributed by atoms with Crippen LogP contribution in [0.4, 0.5) is 8.78 Å². The number of benzene rings is 2. The number of aromatic amines is 1. The van der Waals surface area contributed by atoms with E-state index in [1.807, 2.05) is 0 Å². The summed E-state index contributed by atoms with van der Waals surface area (Å²) in [6, 6.07) is 11.4. The Kier molecular flexibility index (Phi) is 3.45. The van der Waals surface area contributed by atoms with Crippen molar-refractivity contribution in [2.24, 2.45) is 5.73 Å². The van der Waals surface area contributed by atoms with Gasteiger partial charge in [-0.2, -0.15) is 5.10 Å². The van der Waals surface area contributed by atoms with Crippen LogP contribution in [0.5, 0.6) is 0 Å². The minimum atomic E-state index is -0.585. The molecule has 6 heteroatoms. The summed E-state index contributed by atoms with van der Waals surface area (Å²) in [5.74, 6) is -0.116. The molecule has 0 bridgehead atoms. The number of nitrogens with two attached hydrogens (primary N) is 1. The third kappa shape index (κ3) is 2.66. The standard InChI is InChI=1S/C15H12F2N4/c16-10-7-5-9(6-8-10)13(18)15-19-14(20-21-15)11-3-1-2-4-12(11)17/h1-8,13H,18H2,(H,19,20,21)/t13-/m0/s1. The molecule has 0 saturated heterocycles. The molecule has 1 heterocycles. The molecular weight excluding hydrogens is 274 g/mol. The molecule has 0 fully saturated rings. The van der Waals surface area contributed by atoms with Gasteiger partial charge in [-0.15, -0.1) is 0 Å². The number of rotatable bonds is 3. The molecule has 2 aromatic carbocycles. The van der Waals surface area contributed by atoms with Gasteiger partial charge in [-0.05, 0) is 29.8 Å². The van der Waals surface area contributed by atoms with Crippen molar-refractivity contribution < 1.29 is 8.78 Å². The zero-order valence-corrected chi connectivity index (χ0v) is 10.9. The summed E-state index contributed by atoms with van der Waals surface area (Å²) in [4.78, 5) is 4.21. The second-order valence-corrected chi connectivity index (χ2v) is 4.55. The molecule has 21 heavy (non-hydrogen) atoms. The molecule has 0 spiro atoms. The summed E-state index contributed by atoms with van der Waals surface area (Å²) >= 11 is 0. The highest BCUT2D eigenvalue weighted by molar-refractivity contribution is 5.55. The lowest BCUT2D eigenvalue weighted by molar-refractivity contribution is 0.626. The SMILES string of the molecule is N[C@@H](c1ccc(F)cc1)c1nc(-c2ccccc2F)n[nH]1. The van der Waals surface area contributed by atoms with E-state index in [9.17, 15) is 8.78 Å². The predicted molar refractivity (Wildman–Crippen MR) is 74.2 cm³/mol. The van der Waals surface area contributed by atoms with Crippen molar-refractivity contribution in [3.63, 3.8) is 0 Å². The minimum absolute atomic E-state index is 0.237. The summed E-state index contributed by atoms with van der Waals surface area (Å²) in [7, 11) is 0. The molecule has 3 aromatic rings. The summed E-state index contributed by atoms with van der Waals surface area (Å²) in [6.07, 6.45) is 0. The van der Waals surface area contributed by atoms with Crippen LogP contribution in [0.25, 0.3) is 11.4 Å². The summed E-state index contributed by atoms with van der Waals surface area (Å²) in [6.45, 7) is 0. The maximum absolute atomic E-state index is 13.7. The fraction of sp³-hybridized carbons (Fsp3) is 0.0667.